The van der Waals surface area contributed by atoms with Gasteiger partial charge in [-0.05, 0) is 22.9 Å². The number of nitrogens with zero attached hydrogens (tertiary/aromatic N) is 1. The van der Waals surface area contributed by atoms with E-state index >= 15 is 0 Å². The third kappa shape index (κ3) is 1.53. The molecule has 3 rings (SSSR count). The highest BCUT2D eigenvalue weighted by atomic mass is 16.1. The molecule has 0 unspecified atom stereocenters. The van der Waals surface area contributed by atoms with E-state index in [9.17, 15) is 4.79 Å². The fraction of sp³-hybridized carbons (Fsp3) is 0.235. The Hall–Kier alpha value is -2.09. The van der Waals surface area contributed by atoms with E-state index in [2.05, 4.69) is 32.6 Å². The molecule has 2 aromatic carbocycles. The Balaban J connectivity index is 2.71. The van der Waals surface area contributed by atoms with Crippen molar-refractivity contribution in [2.24, 2.45) is 7.05 Å². The zero-order valence-electron chi connectivity index (χ0n) is 11.5. The van der Waals surface area contributed by atoms with Gasteiger partial charge in [-0.25, -0.2) is 0 Å². The number of rotatable bonds is 1. The van der Waals surface area contributed by atoms with Gasteiger partial charge in [0.2, 0.25) is 0 Å². The topological polar surface area (TPSA) is 22.0 Å². The van der Waals surface area contributed by atoms with Crippen LogP contribution in [0.2, 0.25) is 0 Å². The molecule has 0 aliphatic heterocycles. The Labute approximate surface area is 112 Å². The normalized spacial score (nSPS) is 11.8. The first kappa shape index (κ1) is 12.0. The molecule has 0 amide bonds. The van der Waals surface area contributed by atoms with E-state index in [4.69, 9.17) is 0 Å². The van der Waals surface area contributed by atoms with E-state index in [1.54, 1.807) is 11.6 Å². The second kappa shape index (κ2) is 3.95. The maximum Gasteiger partial charge on any atom is 0.258 e. The van der Waals surface area contributed by atoms with Crippen molar-refractivity contribution in [2.75, 3.05) is 0 Å². The number of hydrogen-bond donors (Lipinski definition) is 0. The minimum absolute atomic E-state index is 0.0315. The van der Waals surface area contributed by atoms with E-state index < -0.39 is 0 Å². The Bertz CT molecular complexity index is 854. The molecule has 0 saturated heterocycles. The zero-order valence-corrected chi connectivity index (χ0v) is 11.5. The molecule has 0 saturated carbocycles. The summed E-state index contributed by atoms with van der Waals surface area (Å²) in [5, 5.41) is 4.86. The fourth-order valence-electron chi connectivity index (χ4n) is 2.84. The molecule has 0 bridgehead atoms. The molecule has 19 heavy (non-hydrogen) atoms. The minimum Gasteiger partial charge on any atom is -0.311 e. The number of hydrogen-bond acceptors (Lipinski definition) is 1. The third-order valence-electron chi connectivity index (χ3n) is 3.95. The third-order valence-corrected chi connectivity index (χ3v) is 3.95. The summed E-state index contributed by atoms with van der Waals surface area (Å²) >= 11 is 0. The van der Waals surface area contributed by atoms with E-state index in [0.717, 1.165) is 21.5 Å². The van der Waals surface area contributed by atoms with E-state index in [1.165, 1.54) is 10.9 Å². The lowest BCUT2D eigenvalue weighted by Gasteiger charge is -2.14. The Morgan fingerprint density at radius 1 is 1.05 bits per heavy atom. The van der Waals surface area contributed by atoms with Crippen molar-refractivity contribution in [3.05, 3.63) is 51.6 Å². The van der Waals surface area contributed by atoms with Crippen molar-refractivity contribution in [2.45, 2.75) is 19.8 Å². The van der Waals surface area contributed by atoms with Gasteiger partial charge in [-0.2, -0.15) is 0 Å². The molecule has 0 aliphatic carbocycles. The molecular weight excluding hydrogens is 234 g/mol. The van der Waals surface area contributed by atoms with Gasteiger partial charge in [0.1, 0.15) is 0 Å². The van der Waals surface area contributed by atoms with Crippen LogP contribution in [0.5, 0.6) is 0 Å². The Kier molecular flexibility index (Phi) is 2.49. The average Bonchev–Trinajstić information content (AvgIpc) is 2.41. The molecule has 0 spiro atoms. The second-order valence-corrected chi connectivity index (χ2v) is 5.40. The van der Waals surface area contributed by atoms with Gasteiger partial charge in [-0.1, -0.05) is 44.7 Å². The summed E-state index contributed by atoms with van der Waals surface area (Å²) in [6.45, 7) is 8.40. The van der Waals surface area contributed by atoms with Gasteiger partial charge in [0, 0.05) is 28.6 Å². The van der Waals surface area contributed by atoms with Gasteiger partial charge >= 0.3 is 0 Å². The highest BCUT2D eigenvalue weighted by Crippen LogP contribution is 2.29. The lowest BCUT2D eigenvalue weighted by atomic mass is 9.92. The van der Waals surface area contributed by atoms with E-state index in [0.29, 0.717) is 5.92 Å². The van der Waals surface area contributed by atoms with Crippen LogP contribution in [-0.2, 0) is 7.05 Å². The van der Waals surface area contributed by atoms with Crippen LogP contribution in [0, 0.1) is 0 Å². The smallest absolute Gasteiger partial charge is 0.258 e. The van der Waals surface area contributed by atoms with Crippen LogP contribution in [0.3, 0.4) is 0 Å². The van der Waals surface area contributed by atoms with Crippen molar-refractivity contribution in [1.29, 1.82) is 0 Å². The van der Waals surface area contributed by atoms with Gasteiger partial charge in [-0.15, -0.1) is 0 Å². The van der Waals surface area contributed by atoms with Crippen LogP contribution in [0.4, 0.5) is 0 Å². The molecule has 2 heteroatoms. The van der Waals surface area contributed by atoms with E-state index in [-0.39, 0.29) is 5.56 Å². The van der Waals surface area contributed by atoms with Crippen molar-refractivity contribution in [3.8, 4) is 0 Å². The van der Waals surface area contributed by atoms with Crippen LogP contribution >= 0.6 is 0 Å². The molecule has 0 aliphatic rings. The first-order chi connectivity index (χ1) is 9.02. The van der Waals surface area contributed by atoms with Crippen molar-refractivity contribution in [3.63, 3.8) is 0 Å². The molecule has 0 fully saturated rings. The quantitative estimate of drug-likeness (QED) is 0.651. The lowest BCUT2D eigenvalue weighted by Crippen LogP contribution is -2.30. The largest absolute Gasteiger partial charge is 0.311 e. The maximum atomic E-state index is 12.4. The molecule has 1 heterocycles. The standard InChI is InChI=1S/C17H17NO/c1-10(2)12-8-9-15-16-13(6-5-7-14(12)16)11(3)18(4)17(15)19/h5-10H,3H2,1-2,4H3. The monoisotopic (exact) mass is 251 g/mol. The van der Waals surface area contributed by atoms with Crippen molar-refractivity contribution >= 4 is 28.1 Å². The van der Waals surface area contributed by atoms with Crippen LogP contribution in [-0.4, -0.2) is 4.57 Å². The summed E-state index contributed by atoms with van der Waals surface area (Å²) < 4.78 is 1.63. The lowest BCUT2D eigenvalue weighted by molar-refractivity contribution is 0.847. The van der Waals surface area contributed by atoms with Crippen LogP contribution < -0.4 is 10.9 Å². The fourth-order valence-corrected chi connectivity index (χ4v) is 2.84. The molecule has 0 radical (unpaired) electrons. The molecule has 3 aromatic rings. The maximum absolute atomic E-state index is 12.4. The summed E-state index contributed by atoms with van der Waals surface area (Å²) in [4.78, 5) is 12.4. The van der Waals surface area contributed by atoms with Crippen molar-refractivity contribution < 1.29 is 0 Å². The van der Waals surface area contributed by atoms with Crippen molar-refractivity contribution in [1.82, 2.24) is 4.57 Å². The van der Waals surface area contributed by atoms with Gasteiger partial charge in [0.25, 0.3) is 5.56 Å². The first-order valence-electron chi connectivity index (χ1n) is 6.55. The van der Waals surface area contributed by atoms with Gasteiger partial charge in [0.05, 0.1) is 0 Å². The highest BCUT2D eigenvalue weighted by Gasteiger charge is 2.12. The molecule has 96 valence electrons. The molecule has 0 N–H and O–H groups in total. The molecule has 1 aromatic heterocycles. The number of aromatic nitrogens is 1. The predicted molar refractivity (Wildman–Crippen MR) is 81.5 cm³/mol. The number of benzene rings is 2. The van der Waals surface area contributed by atoms with Crippen LogP contribution in [0.25, 0.3) is 28.1 Å². The summed E-state index contributed by atoms with van der Waals surface area (Å²) in [7, 11) is 1.78. The molecular formula is C17H17NO. The van der Waals surface area contributed by atoms with E-state index in [1.807, 2.05) is 18.2 Å². The summed E-state index contributed by atoms with van der Waals surface area (Å²) in [6.07, 6.45) is 0. The predicted octanol–water partition coefficient (Wildman–Crippen LogP) is 2.94. The summed E-state index contributed by atoms with van der Waals surface area (Å²) in [6, 6.07) is 10.2. The summed E-state index contributed by atoms with van der Waals surface area (Å²) in [5.41, 5.74) is 1.31. The summed E-state index contributed by atoms with van der Waals surface area (Å²) in [5.74, 6) is 0.437. The molecule has 0 atom stereocenters. The van der Waals surface area contributed by atoms with Gasteiger partial charge in [0.15, 0.2) is 0 Å². The number of pyridine rings is 1. The van der Waals surface area contributed by atoms with Gasteiger partial charge in [-0.3, -0.25) is 4.79 Å². The molecule has 2 nitrogen and oxygen atoms in total. The van der Waals surface area contributed by atoms with Crippen LogP contribution in [0.15, 0.2) is 35.1 Å². The zero-order chi connectivity index (χ0) is 13.7. The highest BCUT2D eigenvalue weighted by molar-refractivity contribution is 6.10. The first-order valence-corrected chi connectivity index (χ1v) is 6.55. The minimum atomic E-state index is 0.0315. The SMILES string of the molecule is C=c1c2cccc3c(C(C)C)ccc(c(=O)n1C)c32. The Morgan fingerprint density at radius 3 is 2.42 bits per heavy atom. The average molecular weight is 251 g/mol. The Morgan fingerprint density at radius 2 is 1.74 bits per heavy atom. The second-order valence-electron chi connectivity index (χ2n) is 5.40. The van der Waals surface area contributed by atoms with Gasteiger partial charge < -0.3 is 4.57 Å². The van der Waals surface area contributed by atoms with Crippen LogP contribution in [0.1, 0.15) is 25.3 Å².